The number of aliphatic imine (C=N–C) groups is 1. The van der Waals surface area contributed by atoms with Crippen molar-refractivity contribution in [3.8, 4) is 16.2 Å². The second-order valence-corrected chi connectivity index (χ2v) is 10.2. The first-order valence-corrected chi connectivity index (χ1v) is 12.0. The summed E-state index contributed by atoms with van der Waals surface area (Å²) >= 11 is 6.07. The number of hydrogen-bond acceptors (Lipinski definition) is 6. The summed E-state index contributed by atoms with van der Waals surface area (Å²) in [5, 5.41) is 12.5. The molecule has 0 saturated heterocycles. The van der Waals surface area contributed by atoms with Crippen molar-refractivity contribution < 1.29 is 14.7 Å². The monoisotopic (exact) mass is 503 g/mol. The molecule has 2 heterocycles. The van der Waals surface area contributed by atoms with Crippen molar-refractivity contribution in [3.63, 3.8) is 0 Å². The summed E-state index contributed by atoms with van der Waals surface area (Å²) in [7, 11) is 0. The number of ketones is 2. The molecule has 0 saturated carbocycles. The van der Waals surface area contributed by atoms with Crippen LogP contribution in [0.15, 0.2) is 51.2 Å². The molecule has 1 aromatic carbocycles. The van der Waals surface area contributed by atoms with Crippen molar-refractivity contribution in [2.24, 2.45) is 10.9 Å². The first kappa shape index (κ1) is 22.6. The number of Topliss-reactive ketones (excluding diaryl/α,β-unsaturated/α-hetero) is 2. The molecule has 0 aliphatic carbocycles. The number of aromatic hydroxyl groups is 1. The highest BCUT2D eigenvalue weighted by molar-refractivity contribution is 9.10. The van der Waals surface area contributed by atoms with Gasteiger partial charge >= 0.3 is 0 Å². The van der Waals surface area contributed by atoms with Crippen molar-refractivity contribution in [2.45, 2.75) is 27.2 Å². The lowest BCUT2D eigenvalue weighted by molar-refractivity contribution is 0.0970. The maximum absolute atomic E-state index is 12.5. The van der Waals surface area contributed by atoms with Crippen molar-refractivity contribution in [2.75, 3.05) is 6.54 Å². The topological polar surface area (TPSA) is 66.7 Å². The fourth-order valence-electron chi connectivity index (χ4n) is 2.88. The number of carbonyl (C=O) groups is 2. The Hall–Kier alpha value is -2.09. The lowest BCUT2D eigenvalue weighted by Crippen LogP contribution is -2.04. The van der Waals surface area contributed by atoms with Gasteiger partial charge in [0, 0.05) is 27.5 Å². The Morgan fingerprint density at radius 2 is 1.70 bits per heavy atom. The third-order valence-corrected chi connectivity index (χ3v) is 7.18. The molecular weight excluding hydrogens is 482 g/mol. The van der Waals surface area contributed by atoms with Gasteiger partial charge in [-0.3, -0.25) is 14.6 Å². The zero-order valence-corrected chi connectivity index (χ0v) is 20.2. The number of rotatable bonds is 8. The molecular formula is C23H22BrNO3S2. The molecule has 0 unspecified atom stereocenters. The van der Waals surface area contributed by atoms with Gasteiger partial charge in [0.2, 0.25) is 0 Å². The Morgan fingerprint density at radius 1 is 1.07 bits per heavy atom. The van der Waals surface area contributed by atoms with E-state index in [0.717, 1.165) is 14.9 Å². The van der Waals surface area contributed by atoms with Gasteiger partial charge in [-0.15, -0.1) is 22.7 Å². The van der Waals surface area contributed by atoms with E-state index in [9.17, 15) is 14.7 Å². The SMILES string of the molecule is CC(=NCC(=O)c1ccc(C(=O)CC(C)C)s1)c1csc(-c2ccc(Br)cc2)c1O. The summed E-state index contributed by atoms with van der Waals surface area (Å²) in [6, 6.07) is 11.1. The van der Waals surface area contributed by atoms with Gasteiger partial charge in [0.1, 0.15) is 12.3 Å². The minimum Gasteiger partial charge on any atom is -0.506 e. The van der Waals surface area contributed by atoms with Crippen LogP contribution in [-0.2, 0) is 0 Å². The van der Waals surface area contributed by atoms with Crippen LogP contribution in [0, 0.1) is 5.92 Å². The van der Waals surface area contributed by atoms with Gasteiger partial charge in [-0.2, -0.15) is 0 Å². The lowest BCUT2D eigenvalue weighted by Gasteiger charge is -2.02. The molecule has 0 amide bonds. The third-order valence-electron chi connectivity index (χ3n) is 4.47. The first-order chi connectivity index (χ1) is 14.3. The minimum atomic E-state index is -0.134. The molecule has 3 aromatic rings. The Kier molecular flexibility index (Phi) is 7.39. The predicted molar refractivity (Wildman–Crippen MR) is 129 cm³/mol. The molecule has 0 atom stereocenters. The van der Waals surface area contributed by atoms with Crippen molar-refractivity contribution in [1.82, 2.24) is 0 Å². The van der Waals surface area contributed by atoms with Crippen LogP contribution in [0.1, 0.15) is 52.1 Å². The van der Waals surface area contributed by atoms with E-state index in [-0.39, 0.29) is 29.8 Å². The fraction of sp³-hybridized carbons (Fsp3) is 0.261. The van der Waals surface area contributed by atoms with E-state index in [1.807, 2.05) is 43.5 Å². The molecule has 0 spiro atoms. The fourth-order valence-corrected chi connectivity index (χ4v) is 5.04. The molecule has 0 aliphatic rings. The summed E-state index contributed by atoms with van der Waals surface area (Å²) in [4.78, 5) is 31.0. The van der Waals surface area contributed by atoms with E-state index in [0.29, 0.717) is 27.5 Å². The average Bonchev–Trinajstić information content (AvgIpc) is 3.33. The van der Waals surface area contributed by atoms with E-state index in [2.05, 4.69) is 20.9 Å². The van der Waals surface area contributed by atoms with E-state index < -0.39 is 0 Å². The number of thiophene rings is 2. The highest BCUT2D eigenvalue weighted by atomic mass is 79.9. The quantitative estimate of drug-likeness (QED) is 0.269. The Bertz CT molecular complexity index is 1090. The number of benzene rings is 1. The van der Waals surface area contributed by atoms with Crippen LogP contribution in [0.5, 0.6) is 5.75 Å². The third kappa shape index (κ3) is 5.33. The van der Waals surface area contributed by atoms with Gasteiger partial charge in [-0.05, 0) is 42.7 Å². The van der Waals surface area contributed by atoms with Crippen molar-refractivity contribution >= 4 is 55.9 Å². The summed E-state index contributed by atoms with van der Waals surface area (Å²) in [5.41, 5.74) is 2.16. The van der Waals surface area contributed by atoms with Crippen LogP contribution in [0.25, 0.3) is 10.4 Å². The van der Waals surface area contributed by atoms with Crippen LogP contribution in [0.2, 0.25) is 0 Å². The largest absolute Gasteiger partial charge is 0.506 e. The van der Waals surface area contributed by atoms with Crippen LogP contribution in [0.3, 0.4) is 0 Å². The molecule has 0 fully saturated rings. The van der Waals surface area contributed by atoms with Gasteiger partial charge in [0.05, 0.1) is 14.6 Å². The number of halogens is 1. The summed E-state index contributed by atoms with van der Waals surface area (Å²) in [5.74, 6) is 0.392. The molecule has 4 nitrogen and oxygen atoms in total. The summed E-state index contributed by atoms with van der Waals surface area (Å²) < 4.78 is 0.974. The smallest absolute Gasteiger partial charge is 0.194 e. The molecule has 156 valence electrons. The first-order valence-electron chi connectivity index (χ1n) is 9.50. The number of nitrogens with zero attached hydrogens (tertiary/aromatic N) is 1. The van der Waals surface area contributed by atoms with Gasteiger partial charge in [-0.25, -0.2) is 0 Å². The summed E-state index contributed by atoms with van der Waals surface area (Å²) in [6.07, 6.45) is 0.476. The molecule has 0 aliphatic heterocycles. The number of hydrogen-bond donors (Lipinski definition) is 1. The highest BCUT2D eigenvalue weighted by Crippen LogP contribution is 2.39. The van der Waals surface area contributed by atoms with Crippen LogP contribution < -0.4 is 0 Å². The van der Waals surface area contributed by atoms with Crippen LogP contribution in [-0.4, -0.2) is 28.9 Å². The zero-order chi connectivity index (χ0) is 21.8. The molecule has 0 radical (unpaired) electrons. The van der Waals surface area contributed by atoms with E-state index >= 15 is 0 Å². The Morgan fingerprint density at radius 3 is 2.33 bits per heavy atom. The van der Waals surface area contributed by atoms with Crippen molar-refractivity contribution in [3.05, 3.63) is 61.6 Å². The molecule has 2 aromatic heterocycles. The van der Waals surface area contributed by atoms with E-state index in [1.54, 1.807) is 19.1 Å². The zero-order valence-electron chi connectivity index (χ0n) is 16.9. The average molecular weight is 504 g/mol. The Balaban J connectivity index is 1.71. The Labute approximate surface area is 192 Å². The van der Waals surface area contributed by atoms with Crippen LogP contribution >= 0.6 is 38.6 Å². The van der Waals surface area contributed by atoms with Gasteiger partial charge in [-0.1, -0.05) is 41.9 Å². The van der Waals surface area contributed by atoms with Crippen LogP contribution in [0.4, 0.5) is 0 Å². The molecule has 1 N–H and O–H groups in total. The minimum absolute atomic E-state index is 0.0208. The maximum Gasteiger partial charge on any atom is 0.194 e. The normalized spacial score (nSPS) is 11.8. The number of carbonyl (C=O) groups excluding carboxylic acids is 2. The standard InChI is InChI=1S/C23H22BrNO3S2/c1-13(2)10-18(26)20-8-9-21(30-20)19(27)11-25-14(3)17-12-29-23(22(17)28)15-4-6-16(24)7-5-15/h4-9,12-13,28H,10-11H2,1-3H3. The van der Waals surface area contributed by atoms with Crippen molar-refractivity contribution in [1.29, 1.82) is 0 Å². The lowest BCUT2D eigenvalue weighted by atomic mass is 10.1. The second-order valence-electron chi connectivity index (χ2n) is 7.34. The van der Waals surface area contributed by atoms with Gasteiger partial charge in [0.15, 0.2) is 11.6 Å². The second kappa shape index (κ2) is 9.81. The predicted octanol–water partition coefficient (Wildman–Crippen LogP) is 6.87. The molecule has 7 heteroatoms. The molecule has 3 rings (SSSR count). The molecule has 30 heavy (non-hydrogen) atoms. The van der Waals surface area contributed by atoms with E-state index in [1.165, 1.54) is 22.7 Å². The summed E-state index contributed by atoms with van der Waals surface area (Å²) in [6.45, 7) is 5.76. The molecule has 0 bridgehead atoms. The van der Waals surface area contributed by atoms with Gasteiger partial charge < -0.3 is 5.11 Å². The maximum atomic E-state index is 12.5. The highest BCUT2D eigenvalue weighted by Gasteiger charge is 2.17. The van der Waals surface area contributed by atoms with E-state index in [4.69, 9.17) is 0 Å². The van der Waals surface area contributed by atoms with Gasteiger partial charge in [0.25, 0.3) is 0 Å².